The predicted molar refractivity (Wildman–Crippen MR) is 104 cm³/mol. The second-order valence-electron chi connectivity index (χ2n) is 7.07. The van der Waals surface area contributed by atoms with Gasteiger partial charge in [0.15, 0.2) is 0 Å². The smallest absolute Gasteiger partial charge is 0.251 e. The van der Waals surface area contributed by atoms with Crippen molar-refractivity contribution in [2.24, 2.45) is 0 Å². The lowest BCUT2D eigenvalue weighted by Crippen LogP contribution is -2.44. The minimum Gasteiger partial charge on any atom is -0.399 e. The van der Waals surface area contributed by atoms with Crippen LogP contribution >= 0.6 is 0 Å². The summed E-state index contributed by atoms with van der Waals surface area (Å²) in [4.78, 5) is 14.6. The van der Waals surface area contributed by atoms with Gasteiger partial charge in [0, 0.05) is 37.4 Å². The molecule has 2 aromatic rings. The van der Waals surface area contributed by atoms with Crippen molar-refractivity contribution in [2.75, 3.05) is 18.8 Å². The number of hydrogen-bond donors (Lipinski definition) is 2. The standard InChI is InChI=1S/C21H27N3O2/c1-15-12-24(13-16(2)26-15)14-18-5-3-17(4-6-18)11-23-21(25)19-7-9-20(22)10-8-19/h3-10,15-16H,11-14,22H2,1-2H3,(H,23,25). The number of ether oxygens (including phenoxy) is 1. The first kappa shape index (κ1) is 18.4. The molecule has 2 aromatic carbocycles. The fourth-order valence-corrected chi connectivity index (χ4v) is 3.35. The van der Waals surface area contributed by atoms with E-state index in [4.69, 9.17) is 10.5 Å². The number of amides is 1. The molecule has 0 aliphatic carbocycles. The Bertz CT molecular complexity index is 718. The summed E-state index contributed by atoms with van der Waals surface area (Å²) in [5, 5.41) is 2.94. The van der Waals surface area contributed by atoms with Crippen molar-refractivity contribution >= 4 is 11.6 Å². The third kappa shape index (κ3) is 5.07. The summed E-state index contributed by atoms with van der Waals surface area (Å²) in [6.45, 7) is 7.60. The molecule has 2 atom stereocenters. The van der Waals surface area contributed by atoms with Crippen molar-refractivity contribution in [2.45, 2.75) is 39.1 Å². The summed E-state index contributed by atoms with van der Waals surface area (Å²) < 4.78 is 5.78. The molecule has 1 heterocycles. The van der Waals surface area contributed by atoms with Crippen molar-refractivity contribution in [1.29, 1.82) is 0 Å². The molecule has 1 saturated heterocycles. The summed E-state index contributed by atoms with van der Waals surface area (Å²) in [5.74, 6) is -0.0923. The molecule has 0 spiro atoms. The molecule has 0 aromatic heterocycles. The quantitative estimate of drug-likeness (QED) is 0.811. The van der Waals surface area contributed by atoms with E-state index in [2.05, 4.69) is 48.3 Å². The van der Waals surface area contributed by atoms with E-state index < -0.39 is 0 Å². The van der Waals surface area contributed by atoms with E-state index in [0.29, 0.717) is 17.8 Å². The second kappa shape index (κ2) is 8.34. The lowest BCUT2D eigenvalue weighted by atomic mass is 10.1. The fraction of sp³-hybridized carbons (Fsp3) is 0.381. The van der Waals surface area contributed by atoms with Crippen LogP contribution in [0.3, 0.4) is 0 Å². The van der Waals surface area contributed by atoms with Crippen LogP contribution in [0.25, 0.3) is 0 Å². The highest BCUT2D eigenvalue weighted by atomic mass is 16.5. The van der Waals surface area contributed by atoms with Crippen LogP contribution in [0.2, 0.25) is 0 Å². The summed E-state index contributed by atoms with van der Waals surface area (Å²) in [6.07, 6.45) is 0.558. The topological polar surface area (TPSA) is 67.6 Å². The number of nitrogens with one attached hydrogen (secondary N) is 1. The molecule has 1 aliphatic rings. The van der Waals surface area contributed by atoms with Gasteiger partial charge in [0.25, 0.3) is 5.91 Å². The van der Waals surface area contributed by atoms with E-state index in [-0.39, 0.29) is 18.1 Å². The maximum Gasteiger partial charge on any atom is 0.251 e. The lowest BCUT2D eigenvalue weighted by molar-refractivity contribution is -0.0704. The number of morpholine rings is 1. The average Bonchev–Trinajstić information content (AvgIpc) is 2.60. The van der Waals surface area contributed by atoms with E-state index in [9.17, 15) is 4.79 Å². The highest BCUT2D eigenvalue weighted by molar-refractivity contribution is 5.94. The number of carbonyl (C=O) groups excluding carboxylic acids is 1. The molecule has 0 radical (unpaired) electrons. The van der Waals surface area contributed by atoms with E-state index in [1.54, 1.807) is 24.3 Å². The third-order valence-corrected chi connectivity index (χ3v) is 4.55. The van der Waals surface area contributed by atoms with Gasteiger partial charge in [0.2, 0.25) is 0 Å². The number of rotatable bonds is 5. The Morgan fingerprint density at radius 2 is 1.62 bits per heavy atom. The highest BCUT2D eigenvalue weighted by Gasteiger charge is 2.21. The molecule has 3 rings (SSSR count). The molecule has 2 unspecified atom stereocenters. The Morgan fingerprint density at radius 1 is 1.04 bits per heavy atom. The predicted octanol–water partition coefficient (Wildman–Crippen LogP) is 2.81. The third-order valence-electron chi connectivity index (χ3n) is 4.55. The molecule has 1 aliphatic heterocycles. The molecule has 0 saturated carbocycles. The summed E-state index contributed by atoms with van der Waals surface area (Å²) in [5.41, 5.74) is 9.28. The van der Waals surface area contributed by atoms with Crippen molar-refractivity contribution in [3.8, 4) is 0 Å². The van der Waals surface area contributed by atoms with Crippen molar-refractivity contribution < 1.29 is 9.53 Å². The van der Waals surface area contributed by atoms with Crippen molar-refractivity contribution in [3.63, 3.8) is 0 Å². The van der Waals surface area contributed by atoms with Gasteiger partial charge in [-0.1, -0.05) is 24.3 Å². The Labute approximate surface area is 155 Å². The zero-order valence-electron chi connectivity index (χ0n) is 15.4. The number of nitrogen functional groups attached to an aromatic ring is 1. The van der Waals surface area contributed by atoms with E-state index in [1.807, 2.05) is 0 Å². The van der Waals surface area contributed by atoms with Gasteiger partial charge < -0.3 is 15.8 Å². The zero-order valence-corrected chi connectivity index (χ0v) is 15.4. The summed E-state index contributed by atoms with van der Waals surface area (Å²) >= 11 is 0. The van der Waals surface area contributed by atoms with Crippen LogP contribution in [0, 0.1) is 0 Å². The number of hydrogen-bond acceptors (Lipinski definition) is 4. The van der Waals surface area contributed by atoms with Crippen LogP contribution in [0.1, 0.15) is 35.3 Å². The molecule has 1 fully saturated rings. The Balaban J connectivity index is 1.51. The first-order valence-electron chi connectivity index (χ1n) is 9.09. The molecule has 1 amide bonds. The molecular formula is C21H27N3O2. The van der Waals surface area contributed by atoms with Gasteiger partial charge >= 0.3 is 0 Å². The van der Waals surface area contributed by atoms with E-state index in [0.717, 1.165) is 25.2 Å². The number of anilines is 1. The molecule has 5 nitrogen and oxygen atoms in total. The first-order valence-corrected chi connectivity index (χ1v) is 9.09. The minimum absolute atomic E-state index is 0.0923. The molecular weight excluding hydrogens is 326 g/mol. The largest absolute Gasteiger partial charge is 0.399 e. The van der Waals surface area contributed by atoms with E-state index >= 15 is 0 Å². The van der Waals surface area contributed by atoms with Crippen molar-refractivity contribution in [1.82, 2.24) is 10.2 Å². The van der Waals surface area contributed by atoms with E-state index in [1.165, 1.54) is 5.56 Å². The summed E-state index contributed by atoms with van der Waals surface area (Å²) in [6, 6.07) is 15.4. The first-order chi connectivity index (χ1) is 12.5. The fourth-order valence-electron chi connectivity index (χ4n) is 3.35. The Hall–Kier alpha value is -2.37. The number of nitrogens with two attached hydrogens (primary N) is 1. The lowest BCUT2D eigenvalue weighted by Gasteiger charge is -2.35. The van der Waals surface area contributed by atoms with Gasteiger partial charge in [-0.15, -0.1) is 0 Å². The number of nitrogens with zero attached hydrogens (tertiary/aromatic N) is 1. The normalized spacial score (nSPS) is 20.7. The van der Waals surface area contributed by atoms with Crippen LogP contribution in [0.5, 0.6) is 0 Å². The molecule has 138 valence electrons. The molecule has 0 bridgehead atoms. The van der Waals surface area contributed by atoms with Gasteiger partial charge in [0.1, 0.15) is 0 Å². The molecule has 3 N–H and O–H groups in total. The van der Waals surface area contributed by atoms with Crippen molar-refractivity contribution in [3.05, 3.63) is 65.2 Å². The van der Waals surface area contributed by atoms with Crippen LogP contribution in [0.4, 0.5) is 5.69 Å². The number of benzene rings is 2. The maximum atomic E-state index is 12.1. The SMILES string of the molecule is CC1CN(Cc2ccc(CNC(=O)c3ccc(N)cc3)cc2)CC(C)O1. The highest BCUT2D eigenvalue weighted by Crippen LogP contribution is 2.15. The van der Waals surface area contributed by atoms with Gasteiger partial charge in [0.05, 0.1) is 12.2 Å². The van der Waals surface area contributed by atoms with Gasteiger partial charge in [-0.3, -0.25) is 9.69 Å². The molecule has 26 heavy (non-hydrogen) atoms. The van der Waals surface area contributed by atoms with Crippen LogP contribution in [-0.4, -0.2) is 36.1 Å². The monoisotopic (exact) mass is 353 g/mol. The minimum atomic E-state index is -0.0923. The van der Waals surface area contributed by atoms with Crippen LogP contribution in [0.15, 0.2) is 48.5 Å². The van der Waals surface area contributed by atoms with Gasteiger partial charge in [-0.05, 0) is 49.2 Å². The van der Waals surface area contributed by atoms with Crippen LogP contribution < -0.4 is 11.1 Å². The zero-order chi connectivity index (χ0) is 18.5. The van der Waals surface area contributed by atoms with Crippen LogP contribution in [-0.2, 0) is 17.8 Å². The molecule has 5 heteroatoms. The second-order valence-corrected chi connectivity index (χ2v) is 7.07. The Kier molecular flexibility index (Phi) is 5.91. The Morgan fingerprint density at radius 3 is 2.23 bits per heavy atom. The summed E-state index contributed by atoms with van der Waals surface area (Å²) in [7, 11) is 0. The van der Waals surface area contributed by atoms with Gasteiger partial charge in [-0.25, -0.2) is 0 Å². The maximum absolute atomic E-state index is 12.1. The average molecular weight is 353 g/mol. The number of carbonyl (C=O) groups is 1. The van der Waals surface area contributed by atoms with Gasteiger partial charge in [-0.2, -0.15) is 0 Å².